The first kappa shape index (κ1) is 15.9. The number of aromatic nitrogens is 2. The lowest BCUT2D eigenvalue weighted by Gasteiger charge is -2.32. The van der Waals surface area contributed by atoms with Gasteiger partial charge in [-0.1, -0.05) is 6.92 Å². The number of rotatable bonds is 4. The molecule has 1 aromatic carbocycles. The third-order valence-electron chi connectivity index (χ3n) is 4.77. The summed E-state index contributed by atoms with van der Waals surface area (Å²) in [6.45, 7) is 1.97. The number of halogens is 1. The maximum Gasteiger partial charge on any atom is 0.165 e. The minimum atomic E-state index is -0.634. The lowest BCUT2D eigenvalue weighted by molar-refractivity contribution is 0.102. The number of pyridine rings is 1. The van der Waals surface area contributed by atoms with Gasteiger partial charge in [-0.05, 0) is 48.6 Å². The predicted octanol–water partition coefficient (Wildman–Crippen LogP) is 3.28. The van der Waals surface area contributed by atoms with E-state index in [0.29, 0.717) is 12.2 Å². The molecule has 2 aromatic heterocycles. The fourth-order valence-corrected chi connectivity index (χ4v) is 3.29. The van der Waals surface area contributed by atoms with Crippen molar-refractivity contribution in [3.05, 3.63) is 48.3 Å². The highest BCUT2D eigenvalue weighted by Crippen LogP contribution is 2.35. The number of phenols is 1. The molecule has 1 aliphatic rings. The van der Waals surface area contributed by atoms with E-state index in [9.17, 15) is 9.50 Å². The van der Waals surface area contributed by atoms with Crippen LogP contribution in [0.5, 0.6) is 11.5 Å². The molecule has 0 atom stereocenters. The molecule has 0 saturated heterocycles. The van der Waals surface area contributed by atoms with Gasteiger partial charge in [-0.2, -0.15) is 0 Å². The maximum atomic E-state index is 13.9. The van der Waals surface area contributed by atoms with E-state index >= 15 is 0 Å². The topological polar surface area (TPSA) is 72.8 Å². The Hall–Kier alpha value is -2.60. The van der Waals surface area contributed by atoms with Crippen molar-refractivity contribution in [2.75, 3.05) is 0 Å². The van der Waals surface area contributed by atoms with E-state index in [4.69, 9.17) is 10.5 Å². The van der Waals surface area contributed by atoms with E-state index in [0.717, 1.165) is 35.0 Å². The van der Waals surface area contributed by atoms with Crippen LogP contribution in [0.15, 0.2) is 36.9 Å². The van der Waals surface area contributed by atoms with Crippen LogP contribution in [0.4, 0.5) is 4.39 Å². The van der Waals surface area contributed by atoms with Crippen LogP contribution in [-0.2, 0) is 6.42 Å². The van der Waals surface area contributed by atoms with Gasteiger partial charge >= 0.3 is 0 Å². The molecule has 1 aliphatic carbocycles. The molecule has 0 amide bonds. The number of fused-ring (bicyclic) bond motifs is 1. The second kappa shape index (κ2) is 6.04. The van der Waals surface area contributed by atoms with Gasteiger partial charge in [0.05, 0.1) is 12.5 Å². The largest absolute Gasteiger partial charge is 0.505 e. The first-order valence-electron chi connectivity index (χ1n) is 8.45. The zero-order chi connectivity index (χ0) is 17.6. The summed E-state index contributed by atoms with van der Waals surface area (Å²) >= 11 is 0. The second-order valence-electron chi connectivity index (χ2n) is 6.56. The molecule has 0 aliphatic heterocycles. The summed E-state index contributed by atoms with van der Waals surface area (Å²) in [7, 11) is 0. The van der Waals surface area contributed by atoms with E-state index in [1.54, 1.807) is 12.5 Å². The summed E-state index contributed by atoms with van der Waals surface area (Å²) in [5.41, 5.74) is 9.13. The molecule has 1 fully saturated rings. The maximum absolute atomic E-state index is 13.9. The Morgan fingerprint density at radius 3 is 2.88 bits per heavy atom. The average Bonchev–Trinajstić information content (AvgIpc) is 3.04. The van der Waals surface area contributed by atoms with Crippen LogP contribution in [-0.4, -0.2) is 26.6 Å². The normalized spacial score (nSPS) is 19.8. The first-order valence-corrected chi connectivity index (χ1v) is 8.45. The van der Waals surface area contributed by atoms with E-state index in [1.165, 1.54) is 12.1 Å². The van der Waals surface area contributed by atoms with E-state index in [-0.39, 0.29) is 17.9 Å². The summed E-state index contributed by atoms with van der Waals surface area (Å²) in [5, 5.41) is 9.65. The van der Waals surface area contributed by atoms with Crippen molar-refractivity contribution in [2.24, 2.45) is 5.73 Å². The second-order valence-corrected chi connectivity index (χ2v) is 6.56. The number of nitrogens with zero attached hydrogens (tertiary/aromatic N) is 2. The number of hydrogen-bond acceptors (Lipinski definition) is 4. The van der Waals surface area contributed by atoms with Gasteiger partial charge < -0.3 is 20.0 Å². The highest BCUT2D eigenvalue weighted by atomic mass is 19.1. The molecule has 1 saturated carbocycles. The summed E-state index contributed by atoms with van der Waals surface area (Å²) in [5.74, 6) is -0.253. The average molecular weight is 341 g/mol. The smallest absolute Gasteiger partial charge is 0.165 e. The van der Waals surface area contributed by atoms with Gasteiger partial charge in [0.25, 0.3) is 0 Å². The number of nitrogens with two attached hydrogens (primary N) is 1. The van der Waals surface area contributed by atoms with E-state index in [2.05, 4.69) is 4.98 Å². The van der Waals surface area contributed by atoms with Gasteiger partial charge in [-0.15, -0.1) is 0 Å². The number of hydrogen-bond donors (Lipinski definition) is 2. The van der Waals surface area contributed by atoms with Crippen molar-refractivity contribution in [1.29, 1.82) is 0 Å². The number of aryl methyl sites for hydroxylation is 1. The van der Waals surface area contributed by atoms with Crippen molar-refractivity contribution in [1.82, 2.24) is 9.38 Å². The van der Waals surface area contributed by atoms with Crippen molar-refractivity contribution >= 4 is 5.52 Å². The Kier molecular flexibility index (Phi) is 3.84. The van der Waals surface area contributed by atoms with Crippen LogP contribution in [0.3, 0.4) is 0 Å². The monoisotopic (exact) mass is 341 g/mol. The lowest BCUT2D eigenvalue weighted by atomic mass is 9.90. The number of phenolic OH excluding ortho intramolecular Hbond substituents is 1. The molecular weight excluding hydrogens is 321 g/mol. The SMILES string of the molecule is CCc1cc(O)c(F)cc1-c1cc(OC2CC(N)C2)c2cncn2c1. The molecule has 3 N–H and O–H groups in total. The Morgan fingerprint density at radius 1 is 1.36 bits per heavy atom. The van der Waals surface area contributed by atoms with E-state index < -0.39 is 5.82 Å². The zero-order valence-electron chi connectivity index (χ0n) is 13.9. The number of imidazole rings is 1. The van der Waals surface area contributed by atoms with Gasteiger partial charge in [0.2, 0.25) is 0 Å². The fraction of sp³-hybridized carbons (Fsp3) is 0.316. The molecule has 3 aromatic rings. The molecule has 5 nitrogen and oxygen atoms in total. The summed E-state index contributed by atoms with van der Waals surface area (Å²) in [6, 6.07) is 4.96. The minimum Gasteiger partial charge on any atom is -0.505 e. The number of aromatic hydroxyl groups is 1. The molecule has 0 unspecified atom stereocenters. The van der Waals surface area contributed by atoms with Gasteiger partial charge in [0.1, 0.15) is 17.4 Å². The minimum absolute atomic E-state index is 0.103. The molecule has 2 heterocycles. The molecule has 0 spiro atoms. The van der Waals surface area contributed by atoms with Crippen molar-refractivity contribution in [2.45, 2.75) is 38.3 Å². The molecule has 6 heteroatoms. The van der Waals surface area contributed by atoms with Crippen LogP contribution < -0.4 is 10.5 Å². The van der Waals surface area contributed by atoms with Crippen molar-refractivity contribution < 1.29 is 14.2 Å². The van der Waals surface area contributed by atoms with Gasteiger partial charge in [-0.3, -0.25) is 0 Å². The molecule has 130 valence electrons. The summed E-state index contributed by atoms with van der Waals surface area (Å²) in [6.07, 6.45) is 7.78. The lowest BCUT2D eigenvalue weighted by Crippen LogP contribution is -2.43. The standard InChI is InChI=1S/C19H20FN3O2/c1-2-11-3-18(24)16(20)7-15(11)12-4-19(25-14-5-13(21)6-14)17-8-22-10-23(17)9-12/h3-4,7-10,13-14,24H,2,5-6,21H2,1H3. The Labute approximate surface area is 144 Å². The van der Waals surface area contributed by atoms with E-state index in [1.807, 2.05) is 23.6 Å². The van der Waals surface area contributed by atoms with Crippen molar-refractivity contribution in [3.8, 4) is 22.6 Å². The molecule has 0 bridgehead atoms. The van der Waals surface area contributed by atoms with Crippen LogP contribution in [0.2, 0.25) is 0 Å². The van der Waals surface area contributed by atoms with Crippen LogP contribution in [0.1, 0.15) is 25.3 Å². The third kappa shape index (κ3) is 2.82. The number of ether oxygens (including phenoxy) is 1. The Morgan fingerprint density at radius 2 is 2.16 bits per heavy atom. The van der Waals surface area contributed by atoms with Crippen molar-refractivity contribution in [3.63, 3.8) is 0 Å². The number of benzene rings is 1. The predicted molar refractivity (Wildman–Crippen MR) is 93.3 cm³/mol. The molecule has 0 radical (unpaired) electrons. The first-order chi connectivity index (χ1) is 12.0. The van der Waals surface area contributed by atoms with Gasteiger partial charge in [0.15, 0.2) is 11.6 Å². The summed E-state index contributed by atoms with van der Waals surface area (Å²) < 4.78 is 21.9. The molecular formula is C19H20FN3O2. The fourth-order valence-electron chi connectivity index (χ4n) is 3.29. The third-order valence-corrected chi connectivity index (χ3v) is 4.77. The Balaban J connectivity index is 1.81. The van der Waals surface area contributed by atoms with Crippen LogP contribution >= 0.6 is 0 Å². The van der Waals surface area contributed by atoms with Crippen LogP contribution in [0.25, 0.3) is 16.6 Å². The zero-order valence-corrected chi connectivity index (χ0v) is 13.9. The molecule has 4 rings (SSSR count). The molecule has 25 heavy (non-hydrogen) atoms. The Bertz CT molecular complexity index is 932. The van der Waals surface area contributed by atoms with Gasteiger partial charge in [0, 0.05) is 17.8 Å². The quantitative estimate of drug-likeness (QED) is 0.764. The van der Waals surface area contributed by atoms with Gasteiger partial charge in [-0.25, -0.2) is 9.37 Å². The van der Waals surface area contributed by atoms with Crippen LogP contribution in [0, 0.1) is 5.82 Å². The highest BCUT2D eigenvalue weighted by Gasteiger charge is 2.28. The summed E-state index contributed by atoms with van der Waals surface area (Å²) in [4.78, 5) is 4.18. The highest BCUT2D eigenvalue weighted by molar-refractivity contribution is 5.74.